The fraction of sp³-hybridized carbons (Fsp3) is 0.231. The van der Waals surface area contributed by atoms with Gasteiger partial charge in [0.15, 0.2) is 0 Å². The minimum absolute atomic E-state index is 0.00811. The first kappa shape index (κ1) is 13.8. The van der Waals surface area contributed by atoms with Gasteiger partial charge < -0.3 is 0 Å². The van der Waals surface area contributed by atoms with Gasteiger partial charge in [-0.15, -0.1) is 0 Å². The van der Waals surface area contributed by atoms with Crippen molar-refractivity contribution in [3.8, 4) is 5.69 Å². The molecule has 1 saturated carbocycles. The average molecular weight is 407 g/mol. The number of nitrogens with zero attached hydrogens (tertiary/aromatic N) is 2. The van der Waals surface area contributed by atoms with E-state index in [1.54, 1.807) is 6.07 Å². The molecule has 0 N–H and O–H groups in total. The van der Waals surface area contributed by atoms with E-state index >= 15 is 0 Å². The highest BCUT2D eigenvalue weighted by atomic mass is 127. The maximum atomic E-state index is 14.0. The SMILES string of the molecule is O=c1cc(Cl)n(C2CC2)c(=O)n1-c1ccc(I)cc1F. The van der Waals surface area contributed by atoms with Crippen molar-refractivity contribution in [1.29, 1.82) is 0 Å². The van der Waals surface area contributed by atoms with Crippen molar-refractivity contribution in [2.24, 2.45) is 0 Å². The molecule has 3 rings (SSSR count). The van der Waals surface area contributed by atoms with Gasteiger partial charge in [0.05, 0.1) is 5.69 Å². The lowest BCUT2D eigenvalue weighted by Gasteiger charge is -2.11. The first-order valence-electron chi connectivity index (χ1n) is 5.98. The molecule has 0 unspecified atom stereocenters. The van der Waals surface area contributed by atoms with E-state index in [1.165, 1.54) is 16.7 Å². The lowest BCUT2D eigenvalue weighted by atomic mass is 10.3. The van der Waals surface area contributed by atoms with Gasteiger partial charge >= 0.3 is 5.69 Å². The molecule has 7 heteroatoms. The third-order valence-corrected chi connectivity index (χ3v) is 4.12. The second-order valence-electron chi connectivity index (χ2n) is 4.62. The zero-order chi connectivity index (χ0) is 14.4. The van der Waals surface area contributed by atoms with E-state index in [1.807, 2.05) is 22.6 Å². The Hall–Kier alpha value is -1.15. The first-order chi connectivity index (χ1) is 9.49. The van der Waals surface area contributed by atoms with Gasteiger partial charge in [-0.3, -0.25) is 9.36 Å². The average Bonchev–Trinajstić information content (AvgIpc) is 3.15. The Labute approximate surface area is 131 Å². The van der Waals surface area contributed by atoms with E-state index in [0.29, 0.717) is 3.57 Å². The van der Waals surface area contributed by atoms with Crippen molar-refractivity contribution in [3.05, 3.63) is 59.6 Å². The molecule has 1 heterocycles. The highest BCUT2D eigenvalue weighted by molar-refractivity contribution is 14.1. The van der Waals surface area contributed by atoms with Gasteiger partial charge in [-0.05, 0) is 53.6 Å². The first-order valence-corrected chi connectivity index (χ1v) is 7.44. The Morgan fingerprint density at radius 2 is 1.95 bits per heavy atom. The van der Waals surface area contributed by atoms with E-state index < -0.39 is 17.1 Å². The van der Waals surface area contributed by atoms with E-state index in [-0.39, 0.29) is 16.9 Å². The summed E-state index contributed by atoms with van der Waals surface area (Å²) < 4.78 is 16.9. The highest BCUT2D eigenvalue weighted by Gasteiger charge is 2.28. The summed E-state index contributed by atoms with van der Waals surface area (Å²) in [6.45, 7) is 0. The molecule has 20 heavy (non-hydrogen) atoms. The number of hydrogen-bond donors (Lipinski definition) is 0. The second-order valence-corrected chi connectivity index (χ2v) is 6.25. The van der Waals surface area contributed by atoms with Crippen LogP contribution in [0, 0.1) is 9.39 Å². The number of halogens is 3. The van der Waals surface area contributed by atoms with Crippen LogP contribution in [0.2, 0.25) is 5.15 Å². The van der Waals surface area contributed by atoms with E-state index in [4.69, 9.17) is 11.6 Å². The molecular formula is C13H9ClFIN2O2. The molecule has 0 atom stereocenters. The van der Waals surface area contributed by atoms with Gasteiger partial charge in [0, 0.05) is 15.7 Å². The standard InChI is InChI=1S/C13H9ClFIN2O2/c14-11-6-12(19)18(13(20)17(11)8-2-3-8)10-4-1-7(16)5-9(10)15/h1,4-6,8H,2-3H2. The third-order valence-electron chi connectivity index (χ3n) is 3.15. The maximum Gasteiger partial charge on any atom is 0.337 e. The van der Waals surface area contributed by atoms with Crippen LogP contribution < -0.4 is 11.2 Å². The van der Waals surface area contributed by atoms with Crippen LogP contribution in [-0.4, -0.2) is 9.13 Å². The van der Waals surface area contributed by atoms with Crippen LogP contribution in [0.25, 0.3) is 5.69 Å². The van der Waals surface area contributed by atoms with Gasteiger partial charge in [0.25, 0.3) is 5.56 Å². The molecule has 2 aromatic rings. The molecule has 0 saturated heterocycles. The smallest absolute Gasteiger partial charge is 0.280 e. The predicted octanol–water partition coefficient (Wildman–Crippen LogP) is 2.73. The Balaban J connectivity index is 2.31. The van der Waals surface area contributed by atoms with Gasteiger partial charge in [0.2, 0.25) is 0 Å². The van der Waals surface area contributed by atoms with Crippen molar-refractivity contribution in [2.45, 2.75) is 18.9 Å². The van der Waals surface area contributed by atoms with Crippen molar-refractivity contribution in [3.63, 3.8) is 0 Å². The molecule has 1 aromatic heterocycles. The Kier molecular flexibility index (Phi) is 3.45. The van der Waals surface area contributed by atoms with Crippen LogP contribution in [0.4, 0.5) is 4.39 Å². The summed E-state index contributed by atoms with van der Waals surface area (Å²) in [4.78, 5) is 24.4. The number of hydrogen-bond acceptors (Lipinski definition) is 2. The summed E-state index contributed by atoms with van der Waals surface area (Å²) >= 11 is 7.91. The van der Waals surface area contributed by atoms with Crippen molar-refractivity contribution in [1.82, 2.24) is 9.13 Å². The Morgan fingerprint density at radius 3 is 2.55 bits per heavy atom. The van der Waals surface area contributed by atoms with Gasteiger partial charge in [0.1, 0.15) is 11.0 Å². The summed E-state index contributed by atoms with van der Waals surface area (Å²) in [5.41, 5.74) is -1.27. The van der Waals surface area contributed by atoms with Crippen molar-refractivity contribution in [2.75, 3.05) is 0 Å². The quantitative estimate of drug-likeness (QED) is 0.569. The minimum atomic E-state index is -0.628. The molecule has 4 nitrogen and oxygen atoms in total. The van der Waals surface area contributed by atoms with Crippen LogP contribution in [0.15, 0.2) is 33.9 Å². The van der Waals surface area contributed by atoms with Crippen LogP contribution in [0.1, 0.15) is 18.9 Å². The molecule has 104 valence electrons. The van der Waals surface area contributed by atoms with Crippen LogP contribution in [0.5, 0.6) is 0 Å². The molecule has 0 amide bonds. The molecule has 0 spiro atoms. The fourth-order valence-electron chi connectivity index (χ4n) is 2.08. The van der Waals surface area contributed by atoms with Crippen molar-refractivity contribution < 1.29 is 4.39 Å². The molecule has 0 radical (unpaired) electrons. The normalized spacial score (nSPS) is 14.6. The van der Waals surface area contributed by atoms with Crippen LogP contribution in [-0.2, 0) is 0 Å². The minimum Gasteiger partial charge on any atom is -0.280 e. The van der Waals surface area contributed by atoms with Gasteiger partial charge in [-0.1, -0.05) is 11.6 Å². The van der Waals surface area contributed by atoms with Gasteiger partial charge in [-0.2, -0.15) is 0 Å². The maximum absolute atomic E-state index is 14.0. The van der Waals surface area contributed by atoms with Gasteiger partial charge in [-0.25, -0.2) is 13.8 Å². The second kappa shape index (κ2) is 5.00. The van der Waals surface area contributed by atoms with Crippen LogP contribution in [0.3, 0.4) is 0 Å². The monoisotopic (exact) mass is 406 g/mol. The number of benzene rings is 1. The largest absolute Gasteiger partial charge is 0.337 e. The topological polar surface area (TPSA) is 44.0 Å². The summed E-state index contributed by atoms with van der Waals surface area (Å²) in [6, 6.07) is 5.50. The molecule has 0 aliphatic heterocycles. The zero-order valence-electron chi connectivity index (χ0n) is 10.1. The Bertz CT molecular complexity index is 811. The van der Waals surface area contributed by atoms with Crippen LogP contribution >= 0.6 is 34.2 Å². The third kappa shape index (κ3) is 2.31. The summed E-state index contributed by atoms with van der Waals surface area (Å²) in [7, 11) is 0. The molecule has 1 aliphatic rings. The molecular weight excluding hydrogens is 398 g/mol. The zero-order valence-corrected chi connectivity index (χ0v) is 13.1. The van der Waals surface area contributed by atoms with Crippen molar-refractivity contribution >= 4 is 34.2 Å². The summed E-state index contributed by atoms with van der Waals surface area (Å²) in [5, 5.41) is 0.102. The molecule has 0 bridgehead atoms. The molecule has 1 fully saturated rings. The lowest BCUT2D eigenvalue weighted by molar-refractivity contribution is 0.594. The predicted molar refractivity (Wildman–Crippen MR) is 82.3 cm³/mol. The van der Waals surface area contributed by atoms with E-state index in [9.17, 15) is 14.0 Å². The Morgan fingerprint density at radius 1 is 1.25 bits per heavy atom. The number of rotatable bonds is 2. The number of aromatic nitrogens is 2. The molecule has 1 aromatic carbocycles. The van der Waals surface area contributed by atoms with E-state index in [2.05, 4.69) is 0 Å². The molecule has 1 aliphatic carbocycles. The van der Waals surface area contributed by atoms with E-state index in [0.717, 1.165) is 23.5 Å². The summed E-state index contributed by atoms with van der Waals surface area (Å²) in [6.07, 6.45) is 1.68. The fourth-order valence-corrected chi connectivity index (χ4v) is 2.83. The highest BCUT2D eigenvalue weighted by Crippen LogP contribution is 2.35. The lowest BCUT2D eigenvalue weighted by Crippen LogP contribution is -2.38. The summed E-state index contributed by atoms with van der Waals surface area (Å²) in [5.74, 6) is -0.610.